The Morgan fingerprint density at radius 1 is 1.09 bits per heavy atom. The number of aliphatic hydroxyl groups excluding tert-OH is 5. The fourth-order valence-electron chi connectivity index (χ4n) is 5.58. The van der Waals surface area contributed by atoms with Gasteiger partial charge in [-0.25, -0.2) is 14.4 Å². The molecule has 2 aliphatic rings. The fourth-order valence-corrected chi connectivity index (χ4v) is 5.58. The Morgan fingerprint density at radius 3 is 2.44 bits per heavy atom. The molecule has 0 aliphatic carbocycles. The Kier molecular flexibility index (Phi) is 13.0. The molecule has 2 aliphatic heterocycles. The van der Waals surface area contributed by atoms with Crippen LogP contribution in [0, 0.1) is 17.7 Å². The monoisotopic (exact) mass is 633 g/mol. The van der Waals surface area contributed by atoms with Crippen LogP contribution in [0.2, 0.25) is 0 Å². The van der Waals surface area contributed by atoms with Gasteiger partial charge < -0.3 is 50.2 Å². The highest BCUT2D eigenvalue weighted by Gasteiger charge is 2.32. The van der Waals surface area contributed by atoms with Crippen LogP contribution in [-0.2, 0) is 22.6 Å². The molecule has 1 unspecified atom stereocenters. The largest absolute Gasteiger partial charge is 0.493 e. The van der Waals surface area contributed by atoms with E-state index in [1.54, 1.807) is 29.4 Å². The smallest absolute Gasteiger partial charge is 0.227 e. The van der Waals surface area contributed by atoms with Gasteiger partial charge in [0.2, 0.25) is 11.9 Å². The number of nitrogens with zero attached hydrogens (tertiary/aromatic N) is 4. The second kappa shape index (κ2) is 16.9. The maximum Gasteiger partial charge on any atom is 0.227 e. The number of likely N-dealkylation sites (tertiary alicyclic amines) is 1. The summed E-state index contributed by atoms with van der Waals surface area (Å²) in [6, 6.07) is 4.57. The highest BCUT2D eigenvalue weighted by atomic mass is 19.1. The first-order valence-electron chi connectivity index (χ1n) is 15.4. The minimum atomic E-state index is -1.79. The normalized spacial score (nSPS) is 18.6. The first-order chi connectivity index (χ1) is 21.7. The van der Waals surface area contributed by atoms with Gasteiger partial charge in [0, 0.05) is 69.2 Å². The number of hydrogen-bond donors (Lipinski definition) is 6. The van der Waals surface area contributed by atoms with Crippen molar-refractivity contribution in [1.29, 1.82) is 0 Å². The Hall–Kier alpha value is -3.27. The zero-order chi connectivity index (χ0) is 32.3. The van der Waals surface area contributed by atoms with Gasteiger partial charge in [0.1, 0.15) is 29.9 Å². The first kappa shape index (κ1) is 34.6. The Labute approximate surface area is 261 Å². The number of carbonyl (C=O) groups is 2. The zero-order valence-corrected chi connectivity index (χ0v) is 25.2. The molecule has 1 aromatic carbocycles. The van der Waals surface area contributed by atoms with Crippen LogP contribution in [-0.4, -0.2) is 123 Å². The van der Waals surface area contributed by atoms with Crippen molar-refractivity contribution in [2.75, 3.05) is 50.8 Å². The molecule has 0 spiro atoms. The van der Waals surface area contributed by atoms with E-state index in [4.69, 9.17) is 9.84 Å². The van der Waals surface area contributed by atoms with E-state index in [0.29, 0.717) is 55.0 Å². The van der Waals surface area contributed by atoms with Crippen LogP contribution in [0.25, 0.3) is 0 Å². The lowest BCUT2D eigenvalue weighted by atomic mass is 9.92. The van der Waals surface area contributed by atoms with Gasteiger partial charge in [-0.15, -0.1) is 0 Å². The Bertz CT molecular complexity index is 1230. The average Bonchev–Trinajstić information content (AvgIpc) is 3.04. The first-order valence-corrected chi connectivity index (χ1v) is 15.4. The third-order valence-corrected chi connectivity index (χ3v) is 8.49. The number of carbonyl (C=O) groups excluding carboxylic acids is 2. The quantitative estimate of drug-likeness (QED) is 0.0962. The van der Waals surface area contributed by atoms with Gasteiger partial charge in [0.25, 0.3) is 0 Å². The lowest BCUT2D eigenvalue weighted by molar-refractivity contribution is -0.137. The van der Waals surface area contributed by atoms with E-state index in [1.807, 2.05) is 0 Å². The van der Waals surface area contributed by atoms with Crippen LogP contribution in [0.1, 0.15) is 36.8 Å². The van der Waals surface area contributed by atoms with Crippen molar-refractivity contribution in [2.24, 2.45) is 11.8 Å². The second-order valence-corrected chi connectivity index (χ2v) is 11.9. The predicted octanol–water partition coefficient (Wildman–Crippen LogP) is -0.583. The van der Waals surface area contributed by atoms with E-state index in [9.17, 15) is 34.4 Å². The predicted molar refractivity (Wildman–Crippen MR) is 161 cm³/mol. The van der Waals surface area contributed by atoms with Gasteiger partial charge in [0.15, 0.2) is 6.29 Å². The third-order valence-electron chi connectivity index (χ3n) is 8.49. The SMILES string of the molecule is O=CC(O)[C@@H](O)[C@H](O)[C@@H](O)CNCC1CN(C(=O)Cc2ccc(OCCCC3CCN(c4ncc(CO)cn4)CC3)cc2F)C1. The molecule has 2 saturated heterocycles. The number of anilines is 1. The molecule has 13 nitrogen and oxygen atoms in total. The van der Waals surface area contributed by atoms with Crippen molar-refractivity contribution in [3.05, 3.63) is 47.5 Å². The zero-order valence-electron chi connectivity index (χ0n) is 25.2. The molecule has 0 saturated carbocycles. The maximum atomic E-state index is 14.7. The van der Waals surface area contributed by atoms with Crippen LogP contribution < -0.4 is 15.0 Å². The number of benzene rings is 1. The second-order valence-electron chi connectivity index (χ2n) is 11.9. The summed E-state index contributed by atoms with van der Waals surface area (Å²) >= 11 is 0. The van der Waals surface area contributed by atoms with Crippen LogP contribution in [0.15, 0.2) is 30.6 Å². The van der Waals surface area contributed by atoms with Crippen molar-refractivity contribution in [3.8, 4) is 5.75 Å². The van der Waals surface area contributed by atoms with Gasteiger partial charge >= 0.3 is 0 Å². The summed E-state index contributed by atoms with van der Waals surface area (Å²) in [5.74, 6) is 1.11. The molecule has 4 rings (SSSR count). The molecule has 0 radical (unpaired) electrons. The summed E-state index contributed by atoms with van der Waals surface area (Å²) < 4.78 is 20.5. The average molecular weight is 634 g/mol. The molecule has 6 N–H and O–H groups in total. The minimum Gasteiger partial charge on any atom is -0.493 e. The maximum absolute atomic E-state index is 14.7. The van der Waals surface area contributed by atoms with E-state index in [-0.39, 0.29) is 37.7 Å². The Morgan fingerprint density at radius 2 is 1.80 bits per heavy atom. The van der Waals surface area contributed by atoms with Crippen LogP contribution in [0.4, 0.5) is 10.3 Å². The molecule has 1 amide bonds. The number of piperidine rings is 1. The van der Waals surface area contributed by atoms with Gasteiger partial charge in [-0.2, -0.15) is 0 Å². The number of aromatic nitrogens is 2. The molecule has 14 heteroatoms. The molecule has 2 aromatic rings. The van der Waals surface area contributed by atoms with Gasteiger partial charge in [0.05, 0.1) is 25.7 Å². The van der Waals surface area contributed by atoms with Crippen molar-refractivity contribution >= 4 is 18.1 Å². The number of rotatable bonds is 17. The number of amides is 1. The number of halogens is 1. The number of aldehydes is 1. The summed E-state index contributed by atoms with van der Waals surface area (Å²) in [7, 11) is 0. The molecule has 0 bridgehead atoms. The van der Waals surface area contributed by atoms with Crippen molar-refractivity contribution in [1.82, 2.24) is 20.2 Å². The topological polar surface area (TPSA) is 189 Å². The van der Waals surface area contributed by atoms with E-state index in [2.05, 4.69) is 20.2 Å². The summed E-state index contributed by atoms with van der Waals surface area (Å²) in [6.45, 7) is 3.45. The molecule has 4 atom stereocenters. The van der Waals surface area contributed by atoms with Crippen LogP contribution >= 0.6 is 0 Å². The number of hydrogen-bond acceptors (Lipinski definition) is 12. The molecule has 1 aromatic heterocycles. The number of nitrogens with one attached hydrogen (secondary N) is 1. The molecule has 248 valence electrons. The van der Waals surface area contributed by atoms with Crippen LogP contribution in [0.3, 0.4) is 0 Å². The van der Waals surface area contributed by atoms with Crippen molar-refractivity contribution in [3.63, 3.8) is 0 Å². The molecule has 45 heavy (non-hydrogen) atoms. The molecule has 3 heterocycles. The number of aliphatic hydroxyl groups is 5. The van der Waals surface area contributed by atoms with E-state index < -0.39 is 30.2 Å². The highest BCUT2D eigenvalue weighted by molar-refractivity contribution is 5.79. The lowest BCUT2D eigenvalue weighted by Crippen LogP contribution is -2.55. The van der Waals surface area contributed by atoms with E-state index in [1.165, 1.54) is 6.07 Å². The van der Waals surface area contributed by atoms with Crippen molar-refractivity contribution in [2.45, 2.75) is 63.1 Å². The van der Waals surface area contributed by atoms with Crippen LogP contribution in [0.5, 0.6) is 5.75 Å². The lowest BCUT2D eigenvalue weighted by Gasteiger charge is -2.39. The number of ether oxygens (including phenoxy) is 1. The van der Waals surface area contributed by atoms with Gasteiger partial charge in [-0.1, -0.05) is 6.07 Å². The molecule has 2 fully saturated rings. The Balaban J connectivity index is 1.08. The molecular formula is C31H44FN5O8. The molecular weight excluding hydrogens is 589 g/mol. The minimum absolute atomic E-state index is 0.0660. The summed E-state index contributed by atoms with van der Waals surface area (Å²) in [4.78, 5) is 35.6. The van der Waals surface area contributed by atoms with Gasteiger partial charge in [-0.3, -0.25) is 4.79 Å². The van der Waals surface area contributed by atoms with Gasteiger partial charge in [-0.05, 0) is 43.2 Å². The van der Waals surface area contributed by atoms with E-state index in [0.717, 1.165) is 38.8 Å². The highest BCUT2D eigenvalue weighted by Crippen LogP contribution is 2.25. The summed E-state index contributed by atoms with van der Waals surface area (Å²) in [6.07, 6.45) is 0.555. The summed E-state index contributed by atoms with van der Waals surface area (Å²) in [5, 5.41) is 50.7. The third kappa shape index (κ3) is 9.86. The van der Waals surface area contributed by atoms with Crippen molar-refractivity contribution < 1.29 is 44.2 Å². The summed E-state index contributed by atoms with van der Waals surface area (Å²) in [5.41, 5.74) is 0.988. The standard InChI is InChI=1S/C31H44FN5O8/c32-25-11-24(45-9-1-2-20-5-7-36(8-6-20)31-34-13-21(18-38)14-35-31)4-3-23(25)10-28(42)37-16-22(17-37)12-33-15-26(40)29(43)30(44)27(41)19-39/h3-4,11,13-14,19-20,22,26-27,29-30,33,38,40-41,43-44H,1-2,5-10,12,15-18H2/t26-,27?,29+,30+/m0/s1. The fraction of sp³-hybridized carbons (Fsp3) is 0.613. The van der Waals surface area contributed by atoms with E-state index >= 15 is 0 Å².